The van der Waals surface area contributed by atoms with Crippen molar-refractivity contribution in [3.8, 4) is 0 Å². The largest absolute Gasteiger partial charge is 0.363 e. The predicted molar refractivity (Wildman–Crippen MR) is 86.0 cm³/mol. The SMILES string of the molecule is Brc1ccc2cc3c(nc2c1)N[C@H](c1ccccc1)C3. The highest BCUT2D eigenvalue weighted by atomic mass is 79.9. The molecule has 0 amide bonds. The van der Waals surface area contributed by atoms with Crippen LogP contribution in [0.25, 0.3) is 10.9 Å². The highest BCUT2D eigenvalue weighted by Gasteiger charge is 2.23. The van der Waals surface area contributed by atoms with E-state index in [1.165, 1.54) is 16.5 Å². The molecule has 1 N–H and O–H groups in total. The lowest BCUT2D eigenvalue weighted by molar-refractivity contribution is 0.824. The van der Waals surface area contributed by atoms with Crippen LogP contribution in [0.2, 0.25) is 0 Å². The second-order valence-electron chi connectivity index (χ2n) is 5.14. The Balaban J connectivity index is 1.76. The minimum Gasteiger partial charge on any atom is -0.363 e. The van der Waals surface area contributed by atoms with Crippen molar-refractivity contribution in [1.82, 2.24) is 4.98 Å². The van der Waals surface area contributed by atoms with Gasteiger partial charge < -0.3 is 5.32 Å². The summed E-state index contributed by atoms with van der Waals surface area (Å²) in [4.78, 5) is 4.75. The number of pyridine rings is 1. The second-order valence-corrected chi connectivity index (χ2v) is 6.06. The van der Waals surface area contributed by atoms with Crippen molar-refractivity contribution in [3.63, 3.8) is 0 Å². The molecule has 2 heterocycles. The molecule has 0 aliphatic carbocycles. The summed E-state index contributed by atoms with van der Waals surface area (Å²) in [6.45, 7) is 0. The van der Waals surface area contributed by atoms with Crippen LogP contribution < -0.4 is 5.32 Å². The highest BCUT2D eigenvalue weighted by molar-refractivity contribution is 9.10. The summed E-state index contributed by atoms with van der Waals surface area (Å²) in [5.41, 5.74) is 3.64. The van der Waals surface area contributed by atoms with E-state index in [1.807, 2.05) is 0 Å². The van der Waals surface area contributed by atoms with Crippen molar-refractivity contribution >= 4 is 32.7 Å². The first-order chi connectivity index (χ1) is 9.79. The summed E-state index contributed by atoms with van der Waals surface area (Å²) in [6.07, 6.45) is 0.998. The Bertz CT molecular complexity index is 784. The molecule has 2 nitrogen and oxygen atoms in total. The molecule has 1 aliphatic heterocycles. The van der Waals surface area contributed by atoms with Crippen molar-refractivity contribution in [3.05, 3.63) is 70.2 Å². The number of nitrogens with one attached hydrogen (secondary N) is 1. The lowest BCUT2D eigenvalue weighted by Gasteiger charge is -2.10. The van der Waals surface area contributed by atoms with Crippen molar-refractivity contribution in [2.24, 2.45) is 0 Å². The molecule has 1 aliphatic rings. The summed E-state index contributed by atoms with van der Waals surface area (Å²) >= 11 is 3.50. The maximum absolute atomic E-state index is 4.75. The average molecular weight is 325 g/mol. The Kier molecular flexibility index (Phi) is 2.74. The average Bonchev–Trinajstić information content (AvgIpc) is 2.88. The standard InChI is InChI=1S/C17H13BrN2/c18-14-7-6-12-8-13-9-15(11-4-2-1-3-5-11)19-17(13)20-16(12)10-14/h1-8,10,15H,9H2,(H,19,20)/t15-/m0/s1. The van der Waals surface area contributed by atoms with E-state index >= 15 is 0 Å². The number of rotatable bonds is 1. The van der Waals surface area contributed by atoms with Gasteiger partial charge in [-0.2, -0.15) is 0 Å². The predicted octanol–water partition coefficient (Wildman–Crippen LogP) is 4.71. The van der Waals surface area contributed by atoms with Crippen molar-refractivity contribution < 1.29 is 0 Å². The minimum absolute atomic E-state index is 0.332. The molecule has 0 fully saturated rings. The first-order valence-electron chi connectivity index (χ1n) is 6.70. The molecule has 0 saturated carbocycles. The zero-order valence-corrected chi connectivity index (χ0v) is 12.4. The lowest BCUT2D eigenvalue weighted by atomic mass is 10.0. The molecule has 3 aromatic rings. The van der Waals surface area contributed by atoms with E-state index in [4.69, 9.17) is 4.98 Å². The number of anilines is 1. The van der Waals surface area contributed by atoms with E-state index in [2.05, 4.69) is 75.8 Å². The summed E-state index contributed by atoms with van der Waals surface area (Å²) < 4.78 is 1.06. The molecule has 98 valence electrons. The summed E-state index contributed by atoms with van der Waals surface area (Å²) in [5.74, 6) is 1.02. The Morgan fingerprint density at radius 1 is 1.05 bits per heavy atom. The van der Waals surface area contributed by atoms with Gasteiger partial charge in [0.05, 0.1) is 11.6 Å². The third-order valence-corrected chi connectivity index (χ3v) is 4.29. The first kappa shape index (κ1) is 11.9. The highest BCUT2D eigenvalue weighted by Crippen LogP contribution is 2.35. The first-order valence-corrected chi connectivity index (χ1v) is 7.49. The summed E-state index contributed by atoms with van der Waals surface area (Å²) in [7, 11) is 0. The number of hydrogen-bond donors (Lipinski definition) is 1. The Labute approximate surface area is 126 Å². The molecule has 0 radical (unpaired) electrons. The van der Waals surface area contributed by atoms with Crippen LogP contribution in [0.4, 0.5) is 5.82 Å². The fourth-order valence-corrected chi connectivity index (χ4v) is 3.14. The van der Waals surface area contributed by atoms with E-state index in [-0.39, 0.29) is 0 Å². The molecule has 0 bridgehead atoms. The zero-order chi connectivity index (χ0) is 13.5. The normalized spacial score (nSPS) is 16.9. The fraction of sp³-hybridized carbons (Fsp3) is 0.118. The van der Waals surface area contributed by atoms with Gasteiger partial charge in [-0.15, -0.1) is 0 Å². The van der Waals surface area contributed by atoms with E-state index in [9.17, 15) is 0 Å². The third-order valence-electron chi connectivity index (χ3n) is 3.80. The number of hydrogen-bond acceptors (Lipinski definition) is 2. The van der Waals surface area contributed by atoms with Gasteiger partial charge in [-0.3, -0.25) is 0 Å². The van der Waals surface area contributed by atoms with Crippen LogP contribution in [-0.2, 0) is 6.42 Å². The molecule has 2 aromatic carbocycles. The van der Waals surface area contributed by atoms with Crippen molar-refractivity contribution in [2.45, 2.75) is 12.5 Å². The number of halogens is 1. The van der Waals surface area contributed by atoms with Crippen LogP contribution in [-0.4, -0.2) is 4.98 Å². The van der Waals surface area contributed by atoms with Gasteiger partial charge in [-0.25, -0.2) is 4.98 Å². The molecular weight excluding hydrogens is 312 g/mol. The van der Waals surface area contributed by atoms with Gasteiger partial charge in [0.25, 0.3) is 0 Å². The Hall–Kier alpha value is -1.87. The van der Waals surface area contributed by atoms with Gasteiger partial charge in [0.2, 0.25) is 0 Å². The summed E-state index contributed by atoms with van der Waals surface area (Å²) in [6, 6.07) is 19.4. The third kappa shape index (κ3) is 1.98. The molecule has 0 unspecified atom stereocenters. The minimum atomic E-state index is 0.332. The zero-order valence-electron chi connectivity index (χ0n) is 10.8. The van der Waals surface area contributed by atoms with Gasteiger partial charge in [-0.05, 0) is 29.3 Å². The van der Waals surface area contributed by atoms with Crippen LogP contribution in [0.5, 0.6) is 0 Å². The Morgan fingerprint density at radius 3 is 2.75 bits per heavy atom. The van der Waals surface area contributed by atoms with Crippen molar-refractivity contribution in [2.75, 3.05) is 5.32 Å². The molecule has 0 saturated heterocycles. The number of aromatic nitrogens is 1. The molecular formula is C17H13BrN2. The van der Waals surface area contributed by atoms with E-state index in [0.29, 0.717) is 6.04 Å². The van der Waals surface area contributed by atoms with Crippen molar-refractivity contribution in [1.29, 1.82) is 0 Å². The van der Waals surface area contributed by atoms with Gasteiger partial charge in [0.1, 0.15) is 5.82 Å². The van der Waals surface area contributed by atoms with E-state index in [1.54, 1.807) is 0 Å². The van der Waals surface area contributed by atoms with E-state index in [0.717, 1.165) is 22.2 Å². The number of benzene rings is 2. The number of fused-ring (bicyclic) bond motifs is 2. The number of nitrogens with zero attached hydrogens (tertiary/aromatic N) is 1. The van der Waals surface area contributed by atoms with Gasteiger partial charge >= 0.3 is 0 Å². The van der Waals surface area contributed by atoms with Crippen LogP contribution >= 0.6 is 15.9 Å². The molecule has 0 spiro atoms. The Morgan fingerprint density at radius 2 is 1.90 bits per heavy atom. The van der Waals surface area contributed by atoms with Gasteiger partial charge in [0.15, 0.2) is 0 Å². The van der Waals surface area contributed by atoms with Crippen LogP contribution in [0, 0.1) is 0 Å². The smallest absolute Gasteiger partial charge is 0.130 e. The van der Waals surface area contributed by atoms with Crippen LogP contribution in [0.15, 0.2) is 59.1 Å². The molecule has 20 heavy (non-hydrogen) atoms. The fourth-order valence-electron chi connectivity index (χ4n) is 2.79. The van der Waals surface area contributed by atoms with Gasteiger partial charge in [0, 0.05) is 16.3 Å². The monoisotopic (exact) mass is 324 g/mol. The lowest BCUT2D eigenvalue weighted by Crippen LogP contribution is -2.05. The maximum atomic E-state index is 4.75. The summed E-state index contributed by atoms with van der Waals surface area (Å²) in [5, 5.41) is 4.73. The topological polar surface area (TPSA) is 24.9 Å². The quantitative estimate of drug-likeness (QED) is 0.701. The van der Waals surface area contributed by atoms with Crippen LogP contribution in [0.3, 0.4) is 0 Å². The molecule has 4 rings (SSSR count). The maximum Gasteiger partial charge on any atom is 0.130 e. The van der Waals surface area contributed by atoms with Crippen LogP contribution in [0.1, 0.15) is 17.2 Å². The molecule has 1 aromatic heterocycles. The second kappa shape index (κ2) is 4.60. The van der Waals surface area contributed by atoms with Gasteiger partial charge in [-0.1, -0.05) is 52.3 Å². The molecule has 3 heteroatoms. The van der Waals surface area contributed by atoms with E-state index < -0.39 is 0 Å². The molecule has 1 atom stereocenters.